The molecule has 18 heavy (non-hydrogen) atoms. The second kappa shape index (κ2) is 4.76. The van der Waals surface area contributed by atoms with E-state index in [1.54, 1.807) is 4.40 Å². The van der Waals surface area contributed by atoms with E-state index in [0.29, 0.717) is 10.7 Å². The van der Waals surface area contributed by atoms with Crippen LogP contribution < -0.4 is 0 Å². The van der Waals surface area contributed by atoms with E-state index in [9.17, 15) is 4.79 Å². The Balaban J connectivity index is 2.01. The lowest BCUT2D eigenvalue weighted by Crippen LogP contribution is -1.88. The van der Waals surface area contributed by atoms with Gasteiger partial charge < -0.3 is 0 Å². The van der Waals surface area contributed by atoms with Gasteiger partial charge in [0.25, 0.3) is 0 Å². The lowest BCUT2D eigenvalue weighted by Gasteiger charge is -1.99. The van der Waals surface area contributed by atoms with Crippen LogP contribution in [0.15, 0.2) is 45.8 Å². The monoisotopic (exact) mass is 294 g/mol. The fourth-order valence-corrected chi connectivity index (χ4v) is 3.36. The zero-order chi connectivity index (χ0) is 12.5. The molecule has 1 aromatic carbocycles. The van der Waals surface area contributed by atoms with Crippen molar-refractivity contribution in [2.75, 3.05) is 0 Å². The van der Waals surface area contributed by atoms with Gasteiger partial charge in [-0.2, -0.15) is 0 Å². The number of thiazole rings is 1. The van der Waals surface area contributed by atoms with E-state index in [4.69, 9.17) is 11.6 Å². The number of rotatable bonds is 3. The number of carbonyl (C=O) groups excluding carboxylic acids is 1. The highest BCUT2D eigenvalue weighted by atomic mass is 35.5. The van der Waals surface area contributed by atoms with Crippen LogP contribution in [0.5, 0.6) is 0 Å². The van der Waals surface area contributed by atoms with Gasteiger partial charge in [-0.05, 0) is 24.3 Å². The largest absolute Gasteiger partial charge is 0.296 e. The predicted molar refractivity (Wildman–Crippen MR) is 74.0 cm³/mol. The number of fused-ring (bicyclic) bond motifs is 1. The number of benzene rings is 1. The third kappa shape index (κ3) is 2.05. The lowest BCUT2D eigenvalue weighted by molar-refractivity contribution is 0.111. The van der Waals surface area contributed by atoms with Gasteiger partial charge in [0.1, 0.15) is 10.7 Å². The van der Waals surface area contributed by atoms with Crippen LogP contribution in [-0.2, 0) is 0 Å². The quantitative estimate of drug-likeness (QED) is 0.684. The predicted octanol–water partition coefficient (Wildman–Crippen LogP) is 4.01. The van der Waals surface area contributed by atoms with E-state index in [-0.39, 0.29) is 0 Å². The van der Waals surface area contributed by atoms with Gasteiger partial charge in [-0.25, -0.2) is 4.98 Å². The molecule has 6 heteroatoms. The summed E-state index contributed by atoms with van der Waals surface area (Å²) in [4.78, 5) is 17.4. The van der Waals surface area contributed by atoms with Gasteiger partial charge in [0.2, 0.25) is 0 Å². The summed E-state index contributed by atoms with van der Waals surface area (Å²) in [6.45, 7) is 0. The number of nitrogens with zero attached hydrogens (tertiary/aromatic N) is 2. The van der Waals surface area contributed by atoms with Gasteiger partial charge in [0, 0.05) is 21.5 Å². The Kier molecular flexibility index (Phi) is 3.11. The van der Waals surface area contributed by atoms with Gasteiger partial charge in [-0.3, -0.25) is 9.20 Å². The van der Waals surface area contributed by atoms with E-state index in [1.165, 1.54) is 23.1 Å². The summed E-state index contributed by atoms with van der Waals surface area (Å²) in [5, 5.41) is 3.33. The zero-order valence-electron chi connectivity index (χ0n) is 9.04. The zero-order valence-corrected chi connectivity index (χ0v) is 11.4. The summed E-state index contributed by atoms with van der Waals surface area (Å²) in [7, 11) is 0. The molecule has 0 aliphatic heterocycles. The van der Waals surface area contributed by atoms with E-state index in [1.807, 2.05) is 35.8 Å². The number of carbonyl (C=O) groups is 1. The highest BCUT2D eigenvalue weighted by molar-refractivity contribution is 7.99. The molecule has 3 nitrogen and oxygen atoms in total. The molecule has 0 N–H and O–H groups in total. The van der Waals surface area contributed by atoms with Crippen molar-refractivity contribution in [1.82, 2.24) is 9.38 Å². The van der Waals surface area contributed by atoms with Crippen LogP contribution in [0.1, 0.15) is 10.5 Å². The number of aromatic nitrogens is 2. The van der Waals surface area contributed by atoms with Crippen LogP contribution in [0.3, 0.4) is 0 Å². The highest BCUT2D eigenvalue weighted by Gasteiger charge is 2.13. The smallest absolute Gasteiger partial charge is 0.195 e. The van der Waals surface area contributed by atoms with Gasteiger partial charge >= 0.3 is 0 Å². The summed E-state index contributed by atoms with van der Waals surface area (Å²) >= 11 is 8.81. The molecule has 0 saturated heterocycles. The molecule has 0 amide bonds. The maximum Gasteiger partial charge on any atom is 0.195 e. The first-order valence-electron chi connectivity index (χ1n) is 5.12. The van der Waals surface area contributed by atoms with Crippen molar-refractivity contribution in [1.29, 1.82) is 0 Å². The van der Waals surface area contributed by atoms with Crippen LogP contribution in [0.4, 0.5) is 0 Å². The van der Waals surface area contributed by atoms with Crippen molar-refractivity contribution >= 4 is 45.9 Å². The lowest BCUT2D eigenvalue weighted by atomic mass is 10.4. The van der Waals surface area contributed by atoms with Gasteiger partial charge in [-0.1, -0.05) is 23.4 Å². The van der Waals surface area contributed by atoms with Crippen LogP contribution in [0.2, 0.25) is 5.02 Å². The Hall–Kier alpha value is -1.30. The fourth-order valence-electron chi connectivity index (χ4n) is 1.58. The van der Waals surface area contributed by atoms with Gasteiger partial charge in [0.15, 0.2) is 11.2 Å². The first-order chi connectivity index (χ1) is 8.78. The Morgan fingerprint density at radius 1 is 1.33 bits per heavy atom. The molecule has 0 unspecified atom stereocenters. The second-order valence-electron chi connectivity index (χ2n) is 3.53. The Labute approximate surface area is 116 Å². The van der Waals surface area contributed by atoms with Crippen LogP contribution in [0, 0.1) is 0 Å². The molecule has 0 atom stereocenters. The number of hydrogen-bond acceptors (Lipinski definition) is 4. The van der Waals surface area contributed by atoms with Crippen LogP contribution in [-0.4, -0.2) is 15.7 Å². The Bertz CT molecular complexity index is 703. The fraction of sp³-hybridized carbons (Fsp3) is 0. The van der Waals surface area contributed by atoms with Gasteiger partial charge in [0.05, 0.1) is 0 Å². The Morgan fingerprint density at radius 2 is 2.11 bits per heavy atom. The topological polar surface area (TPSA) is 34.4 Å². The molecule has 2 aromatic heterocycles. The number of hydrogen-bond donors (Lipinski definition) is 0. The van der Waals surface area contributed by atoms with E-state index in [2.05, 4.69) is 4.98 Å². The summed E-state index contributed by atoms with van der Waals surface area (Å²) in [6, 6.07) is 7.47. The summed E-state index contributed by atoms with van der Waals surface area (Å²) in [5.41, 5.74) is 0.589. The average molecular weight is 295 g/mol. The molecule has 0 bridgehead atoms. The number of halogens is 1. The first kappa shape index (κ1) is 11.8. The maximum absolute atomic E-state index is 11.2. The SMILES string of the molecule is O=Cc1c(Sc2ccc(Cl)cc2)nc2sccn12. The molecule has 3 aromatic rings. The third-order valence-corrected chi connectivity index (χ3v) is 4.42. The first-order valence-corrected chi connectivity index (χ1v) is 7.19. The van der Waals surface area contributed by atoms with E-state index >= 15 is 0 Å². The van der Waals surface area contributed by atoms with Crippen molar-refractivity contribution in [2.24, 2.45) is 0 Å². The van der Waals surface area contributed by atoms with E-state index < -0.39 is 0 Å². The molecule has 0 aliphatic rings. The third-order valence-electron chi connectivity index (χ3n) is 2.41. The summed E-state index contributed by atoms with van der Waals surface area (Å²) in [5.74, 6) is 0. The van der Waals surface area contributed by atoms with Gasteiger partial charge in [-0.15, -0.1) is 11.3 Å². The molecular weight excluding hydrogens is 288 g/mol. The normalized spacial score (nSPS) is 10.9. The molecule has 2 heterocycles. The van der Waals surface area contributed by atoms with Crippen LogP contribution in [0.25, 0.3) is 4.96 Å². The minimum Gasteiger partial charge on any atom is -0.296 e. The molecule has 3 rings (SSSR count). The molecule has 0 radical (unpaired) electrons. The minimum atomic E-state index is 0.589. The Morgan fingerprint density at radius 3 is 2.83 bits per heavy atom. The second-order valence-corrected chi connectivity index (χ2v) is 5.90. The average Bonchev–Trinajstić information content (AvgIpc) is 2.92. The summed E-state index contributed by atoms with van der Waals surface area (Å²) < 4.78 is 1.80. The highest BCUT2D eigenvalue weighted by Crippen LogP contribution is 2.31. The van der Waals surface area contributed by atoms with E-state index in [0.717, 1.165) is 21.2 Å². The molecule has 0 saturated carbocycles. The molecular formula is C12H7ClN2OS2. The van der Waals surface area contributed by atoms with Crippen molar-refractivity contribution < 1.29 is 4.79 Å². The minimum absolute atomic E-state index is 0.589. The maximum atomic E-state index is 11.2. The summed E-state index contributed by atoms with van der Waals surface area (Å²) in [6.07, 6.45) is 2.69. The van der Waals surface area contributed by atoms with Crippen molar-refractivity contribution in [3.63, 3.8) is 0 Å². The standard InChI is InChI=1S/C12H7ClN2OS2/c13-8-1-3-9(4-2-8)18-11-10(7-16)15-5-6-17-12(15)14-11/h1-7H. The van der Waals surface area contributed by atoms with Crippen molar-refractivity contribution in [3.8, 4) is 0 Å². The molecule has 0 spiro atoms. The molecule has 0 fully saturated rings. The number of aldehydes is 1. The molecule has 90 valence electrons. The van der Waals surface area contributed by atoms with Crippen LogP contribution >= 0.6 is 34.7 Å². The van der Waals surface area contributed by atoms with Crippen molar-refractivity contribution in [2.45, 2.75) is 9.92 Å². The number of imidazole rings is 1. The molecule has 0 aliphatic carbocycles. The van der Waals surface area contributed by atoms with Crippen molar-refractivity contribution in [3.05, 3.63) is 46.6 Å².